The van der Waals surface area contributed by atoms with Crippen molar-refractivity contribution in [3.8, 4) is 0 Å². The zero-order chi connectivity index (χ0) is 11.8. The summed E-state index contributed by atoms with van der Waals surface area (Å²) in [5.41, 5.74) is 2.67. The number of unbranched alkanes of at least 4 members (excludes halogenated alkanes) is 1. The average Bonchev–Trinajstić information content (AvgIpc) is 2.31. The van der Waals surface area contributed by atoms with Crippen molar-refractivity contribution in [1.82, 2.24) is 5.32 Å². The van der Waals surface area contributed by atoms with E-state index in [1.54, 1.807) is 0 Å². The average molecular weight is 220 g/mol. The summed E-state index contributed by atoms with van der Waals surface area (Å²) in [5.74, 6) is 0. The third-order valence-electron chi connectivity index (χ3n) is 2.89. The van der Waals surface area contributed by atoms with Crippen molar-refractivity contribution in [3.05, 3.63) is 29.8 Å². The molecule has 0 saturated carbocycles. The van der Waals surface area contributed by atoms with E-state index in [-0.39, 0.29) is 0 Å². The third-order valence-corrected chi connectivity index (χ3v) is 2.89. The Labute approximate surface area is 99.7 Å². The highest BCUT2D eigenvalue weighted by Gasteiger charge is 2.02. The lowest BCUT2D eigenvalue weighted by atomic mass is 10.2. The highest BCUT2D eigenvalue weighted by atomic mass is 15.1. The Morgan fingerprint density at radius 1 is 1.12 bits per heavy atom. The zero-order valence-corrected chi connectivity index (χ0v) is 10.8. The Bertz CT molecular complexity index is 279. The summed E-state index contributed by atoms with van der Waals surface area (Å²) >= 11 is 0. The predicted molar refractivity (Wildman–Crippen MR) is 72.2 cm³/mol. The zero-order valence-electron chi connectivity index (χ0n) is 10.8. The minimum Gasteiger partial charge on any atom is -0.372 e. The van der Waals surface area contributed by atoms with E-state index in [0.717, 1.165) is 19.6 Å². The van der Waals surface area contributed by atoms with Gasteiger partial charge in [0.2, 0.25) is 0 Å². The van der Waals surface area contributed by atoms with E-state index < -0.39 is 0 Å². The smallest absolute Gasteiger partial charge is 0.0366 e. The van der Waals surface area contributed by atoms with Gasteiger partial charge in [-0.15, -0.1) is 0 Å². The molecule has 16 heavy (non-hydrogen) atoms. The van der Waals surface area contributed by atoms with Crippen LogP contribution < -0.4 is 10.2 Å². The third kappa shape index (κ3) is 4.23. The second-order valence-electron chi connectivity index (χ2n) is 4.23. The summed E-state index contributed by atoms with van der Waals surface area (Å²) in [5, 5.41) is 3.19. The molecule has 0 bridgehead atoms. The van der Waals surface area contributed by atoms with Gasteiger partial charge in [0, 0.05) is 18.8 Å². The fraction of sp³-hybridized carbons (Fsp3) is 0.571. The summed E-state index contributed by atoms with van der Waals surface area (Å²) in [4.78, 5) is 2.44. The van der Waals surface area contributed by atoms with Crippen LogP contribution in [0.2, 0.25) is 0 Å². The molecule has 0 fully saturated rings. The predicted octanol–water partition coefficient (Wildman–Crippen LogP) is 2.82. The summed E-state index contributed by atoms with van der Waals surface area (Å²) in [6, 6.07) is 8.81. The number of rotatable bonds is 7. The molecular weight excluding hydrogens is 196 g/mol. The quantitative estimate of drug-likeness (QED) is 0.711. The molecule has 0 aliphatic heterocycles. The van der Waals surface area contributed by atoms with Crippen LogP contribution in [0.3, 0.4) is 0 Å². The van der Waals surface area contributed by atoms with Gasteiger partial charge in [0.05, 0.1) is 0 Å². The second-order valence-corrected chi connectivity index (χ2v) is 4.23. The van der Waals surface area contributed by atoms with Gasteiger partial charge >= 0.3 is 0 Å². The van der Waals surface area contributed by atoms with Gasteiger partial charge in [0.15, 0.2) is 0 Å². The molecule has 0 radical (unpaired) electrons. The van der Waals surface area contributed by atoms with Crippen molar-refractivity contribution in [2.75, 3.05) is 31.6 Å². The molecule has 1 aromatic carbocycles. The summed E-state index contributed by atoms with van der Waals surface area (Å²) in [6.07, 6.45) is 2.50. The first kappa shape index (κ1) is 13.0. The Balaban J connectivity index is 2.44. The molecule has 1 N–H and O–H groups in total. The van der Waals surface area contributed by atoms with Crippen molar-refractivity contribution < 1.29 is 0 Å². The van der Waals surface area contributed by atoms with Crippen molar-refractivity contribution in [3.63, 3.8) is 0 Å². The fourth-order valence-electron chi connectivity index (χ4n) is 1.83. The van der Waals surface area contributed by atoms with E-state index in [4.69, 9.17) is 0 Å². The SMILES string of the molecule is CCN(CCCCNC)c1ccc(C)cc1. The van der Waals surface area contributed by atoms with E-state index in [9.17, 15) is 0 Å². The largest absolute Gasteiger partial charge is 0.372 e. The van der Waals surface area contributed by atoms with Crippen LogP contribution in [-0.2, 0) is 0 Å². The van der Waals surface area contributed by atoms with Crippen LogP contribution in [0.4, 0.5) is 5.69 Å². The van der Waals surface area contributed by atoms with E-state index in [1.165, 1.54) is 24.1 Å². The monoisotopic (exact) mass is 220 g/mol. The normalized spacial score (nSPS) is 10.4. The lowest BCUT2D eigenvalue weighted by Gasteiger charge is -2.23. The number of hydrogen-bond acceptors (Lipinski definition) is 2. The fourth-order valence-corrected chi connectivity index (χ4v) is 1.83. The molecule has 2 nitrogen and oxygen atoms in total. The molecule has 2 heteroatoms. The highest BCUT2D eigenvalue weighted by molar-refractivity contribution is 5.47. The molecule has 90 valence electrons. The molecule has 0 atom stereocenters. The van der Waals surface area contributed by atoms with Gasteiger partial charge in [-0.1, -0.05) is 17.7 Å². The molecule has 0 aliphatic rings. The van der Waals surface area contributed by atoms with E-state index >= 15 is 0 Å². The van der Waals surface area contributed by atoms with E-state index in [2.05, 4.69) is 48.3 Å². The van der Waals surface area contributed by atoms with Crippen LogP contribution in [0.15, 0.2) is 24.3 Å². The highest BCUT2D eigenvalue weighted by Crippen LogP contribution is 2.15. The van der Waals surface area contributed by atoms with Gasteiger partial charge in [-0.3, -0.25) is 0 Å². The van der Waals surface area contributed by atoms with Crippen molar-refractivity contribution in [2.24, 2.45) is 0 Å². The number of nitrogens with one attached hydrogen (secondary N) is 1. The maximum absolute atomic E-state index is 3.19. The van der Waals surface area contributed by atoms with Gasteiger partial charge in [0.1, 0.15) is 0 Å². The topological polar surface area (TPSA) is 15.3 Å². The second kappa shape index (κ2) is 7.29. The molecule has 0 spiro atoms. The molecule has 0 aromatic heterocycles. The first-order valence-electron chi connectivity index (χ1n) is 6.24. The first-order valence-corrected chi connectivity index (χ1v) is 6.24. The van der Waals surface area contributed by atoms with E-state index in [1.807, 2.05) is 7.05 Å². The Morgan fingerprint density at radius 3 is 2.38 bits per heavy atom. The molecule has 0 heterocycles. The first-order chi connectivity index (χ1) is 7.77. The number of anilines is 1. The van der Waals surface area contributed by atoms with Crippen molar-refractivity contribution in [2.45, 2.75) is 26.7 Å². The maximum Gasteiger partial charge on any atom is 0.0366 e. The summed E-state index contributed by atoms with van der Waals surface area (Å²) in [7, 11) is 2.01. The molecule has 1 aromatic rings. The minimum absolute atomic E-state index is 1.09. The van der Waals surface area contributed by atoms with Gasteiger partial charge in [-0.05, 0) is 52.4 Å². The Hall–Kier alpha value is -1.02. The molecular formula is C14H24N2. The maximum atomic E-state index is 3.19. The van der Waals surface area contributed by atoms with Gasteiger partial charge in [-0.2, -0.15) is 0 Å². The van der Waals surface area contributed by atoms with Crippen LogP contribution in [0.25, 0.3) is 0 Å². The molecule has 0 saturated heterocycles. The Kier molecular flexibility index (Phi) is 5.94. The Morgan fingerprint density at radius 2 is 1.81 bits per heavy atom. The van der Waals surface area contributed by atoms with Crippen molar-refractivity contribution >= 4 is 5.69 Å². The molecule has 0 aliphatic carbocycles. The number of nitrogens with zero attached hydrogens (tertiary/aromatic N) is 1. The van der Waals surface area contributed by atoms with Crippen LogP contribution in [0.5, 0.6) is 0 Å². The lowest BCUT2D eigenvalue weighted by molar-refractivity contribution is 0.658. The number of hydrogen-bond donors (Lipinski definition) is 1. The number of benzene rings is 1. The van der Waals surface area contributed by atoms with Crippen LogP contribution >= 0.6 is 0 Å². The summed E-state index contributed by atoms with van der Waals surface area (Å²) < 4.78 is 0. The standard InChI is InChI=1S/C14H24N2/c1-4-16(12-6-5-11-15-3)14-9-7-13(2)8-10-14/h7-10,15H,4-6,11-12H2,1-3H3. The van der Waals surface area contributed by atoms with E-state index in [0.29, 0.717) is 0 Å². The number of aryl methyl sites for hydroxylation is 1. The molecule has 0 amide bonds. The minimum atomic E-state index is 1.09. The van der Waals surface area contributed by atoms with Crippen molar-refractivity contribution in [1.29, 1.82) is 0 Å². The lowest BCUT2D eigenvalue weighted by Crippen LogP contribution is -2.24. The van der Waals surface area contributed by atoms with Crippen LogP contribution in [-0.4, -0.2) is 26.7 Å². The van der Waals surface area contributed by atoms with Gasteiger partial charge < -0.3 is 10.2 Å². The molecule has 0 unspecified atom stereocenters. The summed E-state index contributed by atoms with van der Waals surface area (Å²) in [6.45, 7) is 7.71. The van der Waals surface area contributed by atoms with Crippen LogP contribution in [0, 0.1) is 6.92 Å². The van der Waals surface area contributed by atoms with Gasteiger partial charge in [-0.25, -0.2) is 0 Å². The van der Waals surface area contributed by atoms with Crippen LogP contribution in [0.1, 0.15) is 25.3 Å². The van der Waals surface area contributed by atoms with Gasteiger partial charge in [0.25, 0.3) is 0 Å². The molecule has 1 rings (SSSR count).